The van der Waals surface area contributed by atoms with Crippen molar-refractivity contribution in [2.45, 2.75) is 30.7 Å². The van der Waals surface area contributed by atoms with Crippen molar-refractivity contribution in [3.8, 4) is 28.7 Å². The zero-order valence-corrected chi connectivity index (χ0v) is 21.8. The van der Waals surface area contributed by atoms with E-state index in [4.69, 9.17) is 14.2 Å². The summed E-state index contributed by atoms with van der Waals surface area (Å²) in [6.45, 7) is -0.560. The molecular formula is C30H28O12. The highest BCUT2D eigenvalue weighted by Gasteiger charge is 2.45. The number of hydrogen-bond acceptors (Lipinski definition) is 12. The molecule has 0 radical (unpaired) electrons. The number of hydrogen-bond donors (Lipinski definition) is 7. The van der Waals surface area contributed by atoms with Gasteiger partial charge in [0.1, 0.15) is 65.3 Å². The maximum Gasteiger partial charge on any atom is 0.330 e. The zero-order chi connectivity index (χ0) is 30.4. The lowest BCUT2D eigenvalue weighted by Crippen LogP contribution is -2.60. The van der Waals surface area contributed by atoms with Gasteiger partial charge in [0.05, 0.1) is 0 Å². The summed E-state index contributed by atoms with van der Waals surface area (Å²) in [5.74, 6) is -3.04. The molecular weight excluding hydrogens is 552 g/mol. The highest BCUT2D eigenvalue weighted by molar-refractivity contribution is 6.10. The van der Waals surface area contributed by atoms with Gasteiger partial charge in [-0.05, 0) is 47.5 Å². The molecule has 5 atom stereocenters. The summed E-state index contributed by atoms with van der Waals surface area (Å²) >= 11 is 0. The molecule has 1 aliphatic rings. The number of carbonyl (C=O) groups excluding carboxylic acids is 2. The maximum absolute atomic E-state index is 13.0. The van der Waals surface area contributed by atoms with E-state index in [0.29, 0.717) is 11.1 Å². The molecule has 42 heavy (non-hydrogen) atoms. The standard InChI is InChI=1S/C30H28O12/c31-18-7-1-16(2-8-18)5-11-21(34)26-22(35)13-20(33)14-23(26)41-30-29(39)28(38)27(37)24(42-30)15-40-25(36)12-6-17-3-9-19(32)10-4-17/h1-14,24,27-33,35,37-39H,15H2/b11-5+,12-6+/t24?,27-,28+,29?,30-/m1/s1. The van der Waals surface area contributed by atoms with Crippen LogP contribution in [0.2, 0.25) is 0 Å². The van der Waals surface area contributed by atoms with Gasteiger partial charge < -0.3 is 50.0 Å². The first kappa shape index (κ1) is 30.1. The fraction of sp³-hybridized carbons (Fsp3) is 0.200. The van der Waals surface area contributed by atoms with Crippen molar-refractivity contribution in [2.24, 2.45) is 0 Å². The first-order chi connectivity index (χ1) is 20.0. The number of rotatable bonds is 9. The molecule has 0 spiro atoms. The summed E-state index contributed by atoms with van der Waals surface area (Å²) in [4.78, 5) is 25.1. The van der Waals surface area contributed by atoms with E-state index >= 15 is 0 Å². The molecule has 1 heterocycles. The van der Waals surface area contributed by atoms with E-state index < -0.39 is 71.9 Å². The van der Waals surface area contributed by atoms with Crippen molar-refractivity contribution in [1.82, 2.24) is 0 Å². The van der Waals surface area contributed by atoms with Crippen molar-refractivity contribution in [1.29, 1.82) is 0 Å². The Labute approximate surface area is 239 Å². The minimum absolute atomic E-state index is 0.0299. The van der Waals surface area contributed by atoms with Gasteiger partial charge >= 0.3 is 5.97 Å². The summed E-state index contributed by atoms with van der Waals surface area (Å²) in [6, 6.07) is 13.8. The monoisotopic (exact) mass is 580 g/mol. The van der Waals surface area contributed by atoms with Crippen LogP contribution >= 0.6 is 0 Å². The molecule has 0 amide bonds. The Morgan fingerprint density at radius 3 is 1.90 bits per heavy atom. The largest absolute Gasteiger partial charge is 0.508 e. The van der Waals surface area contributed by atoms with E-state index in [1.165, 1.54) is 36.4 Å². The Kier molecular flexibility index (Phi) is 9.45. The summed E-state index contributed by atoms with van der Waals surface area (Å²) in [5, 5.41) is 70.4. The Morgan fingerprint density at radius 2 is 1.31 bits per heavy atom. The molecule has 0 bridgehead atoms. The third kappa shape index (κ3) is 7.44. The maximum atomic E-state index is 13.0. The minimum Gasteiger partial charge on any atom is -0.508 e. The number of esters is 1. The number of ketones is 1. The molecule has 2 unspecified atom stereocenters. The molecule has 0 aromatic heterocycles. The summed E-state index contributed by atoms with van der Waals surface area (Å²) < 4.78 is 16.2. The molecule has 4 rings (SSSR count). The van der Waals surface area contributed by atoms with Gasteiger partial charge in [-0.1, -0.05) is 30.3 Å². The van der Waals surface area contributed by atoms with E-state index in [9.17, 15) is 45.3 Å². The number of phenolic OH excluding ortho intramolecular Hbond substituents is 4. The Morgan fingerprint density at radius 1 is 0.738 bits per heavy atom. The van der Waals surface area contributed by atoms with Crippen molar-refractivity contribution >= 4 is 23.9 Å². The lowest BCUT2D eigenvalue weighted by molar-refractivity contribution is -0.278. The van der Waals surface area contributed by atoms with Crippen LogP contribution in [-0.4, -0.2) is 84.8 Å². The van der Waals surface area contributed by atoms with Crippen LogP contribution in [0, 0.1) is 0 Å². The van der Waals surface area contributed by atoms with Gasteiger partial charge in [0.2, 0.25) is 6.29 Å². The number of allylic oxidation sites excluding steroid dienone is 1. The van der Waals surface area contributed by atoms with E-state index in [-0.39, 0.29) is 11.5 Å². The quantitative estimate of drug-likeness (QED) is 0.110. The first-order valence-corrected chi connectivity index (χ1v) is 12.6. The molecule has 12 heteroatoms. The zero-order valence-electron chi connectivity index (χ0n) is 21.8. The van der Waals surface area contributed by atoms with Crippen molar-refractivity contribution in [3.05, 3.63) is 89.5 Å². The molecule has 1 fully saturated rings. The smallest absolute Gasteiger partial charge is 0.330 e. The van der Waals surface area contributed by atoms with Gasteiger partial charge in [0.25, 0.3) is 0 Å². The lowest BCUT2D eigenvalue weighted by atomic mass is 9.99. The van der Waals surface area contributed by atoms with Crippen LogP contribution in [0.3, 0.4) is 0 Å². The number of ether oxygens (including phenoxy) is 3. The molecule has 3 aromatic rings. The SMILES string of the molecule is O=C(/C=C/c1ccc(O)cc1)OCC1O[C@@H](Oc2cc(O)cc(O)c2C(=O)/C=C/c2ccc(O)cc2)C(O)[C@@H](O)[C@@H]1O. The molecule has 7 N–H and O–H groups in total. The van der Waals surface area contributed by atoms with Crippen LogP contribution in [-0.2, 0) is 14.3 Å². The number of carbonyl (C=O) groups is 2. The molecule has 220 valence electrons. The third-order valence-corrected chi connectivity index (χ3v) is 6.24. The molecule has 1 aliphatic heterocycles. The molecule has 3 aromatic carbocycles. The average molecular weight is 581 g/mol. The second-order valence-electron chi connectivity index (χ2n) is 9.31. The fourth-order valence-electron chi connectivity index (χ4n) is 4.01. The minimum atomic E-state index is -1.85. The topological polar surface area (TPSA) is 203 Å². The number of aromatic hydroxyl groups is 4. The summed E-state index contributed by atoms with van der Waals surface area (Å²) in [6.07, 6.45) is -3.43. The van der Waals surface area contributed by atoms with Gasteiger partial charge in [0.15, 0.2) is 5.78 Å². The van der Waals surface area contributed by atoms with Gasteiger partial charge in [-0.3, -0.25) is 4.79 Å². The van der Waals surface area contributed by atoms with E-state index in [2.05, 4.69) is 0 Å². The second-order valence-corrected chi connectivity index (χ2v) is 9.31. The molecule has 12 nitrogen and oxygen atoms in total. The third-order valence-electron chi connectivity index (χ3n) is 6.24. The van der Waals surface area contributed by atoms with Gasteiger partial charge in [-0.25, -0.2) is 4.79 Å². The van der Waals surface area contributed by atoms with Crippen LogP contribution in [0.15, 0.2) is 72.8 Å². The summed E-state index contributed by atoms with van der Waals surface area (Å²) in [5.41, 5.74) is 0.755. The predicted octanol–water partition coefficient (Wildman–Crippen LogP) is 1.85. The van der Waals surface area contributed by atoms with Gasteiger partial charge in [0, 0.05) is 18.2 Å². The first-order valence-electron chi connectivity index (χ1n) is 12.6. The number of aliphatic hydroxyl groups is 3. The fourth-order valence-corrected chi connectivity index (χ4v) is 4.01. The normalized spacial score (nSPS) is 22.3. The van der Waals surface area contributed by atoms with Crippen molar-refractivity contribution in [3.63, 3.8) is 0 Å². The van der Waals surface area contributed by atoms with E-state index in [0.717, 1.165) is 24.3 Å². The molecule has 0 saturated carbocycles. The Balaban J connectivity index is 1.47. The lowest BCUT2D eigenvalue weighted by Gasteiger charge is -2.40. The van der Waals surface area contributed by atoms with Crippen molar-refractivity contribution < 1.29 is 59.5 Å². The second kappa shape index (κ2) is 13.2. The van der Waals surface area contributed by atoms with E-state index in [1.807, 2.05) is 0 Å². The number of benzene rings is 3. The predicted molar refractivity (Wildman–Crippen MR) is 147 cm³/mol. The highest BCUT2D eigenvalue weighted by Crippen LogP contribution is 2.36. The Bertz CT molecular complexity index is 1460. The van der Waals surface area contributed by atoms with Crippen LogP contribution in [0.5, 0.6) is 28.7 Å². The van der Waals surface area contributed by atoms with Gasteiger partial charge in [-0.15, -0.1) is 0 Å². The number of aliphatic hydroxyl groups excluding tert-OH is 3. The Hall–Kier alpha value is -4.88. The number of phenols is 4. The van der Waals surface area contributed by atoms with Crippen LogP contribution in [0.1, 0.15) is 21.5 Å². The van der Waals surface area contributed by atoms with Crippen LogP contribution < -0.4 is 4.74 Å². The van der Waals surface area contributed by atoms with Crippen LogP contribution in [0.4, 0.5) is 0 Å². The summed E-state index contributed by atoms with van der Waals surface area (Å²) in [7, 11) is 0. The molecule has 1 saturated heterocycles. The molecule has 0 aliphatic carbocycles. The van der Waals surface area contributed by atoms with Crippen molar-refractivity contribution in [2.75, 3.05) is 6.61 Å². The highest BCUT2D eigenvalue weighted by atomic mass is 16.7. The van der Waals surface area contributed by atoms with Crippen LogP contribution in [0.25, 0.3) is 12.2 Å². The van der Waals surface area contributed by atoms with E-state index in [1.54, 1.807) is 24.3 Å². The van der Waals surface area contributed by atoms with Gasteiger partial charge in [-0.2, -0.15) is 0 Å². The average Bonchev–Trinajstić information content (AvgIpc) is 2.95.